The summed E-state index contributed by atoms with van der Waals surface area (Å²) in [6.45, 7) is 2.23. The first kappa shape index (κ1) is 15.7. The highest BCUT2D eigenvalue weighted by atomic mass is 16.3. The molecule has 0 saturated heterocycles. The van der Waals surface area contributed by atoms with Gasteiger partial charge in [0.05, 0.1) is 0 Å². The van der Waals surface area contributed by atoms with Crippen LogP contribution in [0.25, 0.3) is 0 Å². The van der Waals surface area contributed by atoms with E-state index >= 15 is 0 Å². The van der Waals surface area contributed by atoms with E-state index in [1.54, 1.807) is 0 Å². The standard InChI is InChI=1S/C21H30O2/c1-3-20-11-9-17-16-8-6-15(22)13-14(16)5-7-18(17)19(20)10-12-21(20,23)4-2/h2,14,16-19,23H,3,5-13H2,1H3/t14-,16+,17-,18-,19+,20+,21+/m1/s1. The van der Waals surface area contributed by atoms with Crippen molar-refractivity contribution >= 4 is 5.78 Å². The molecule has 0 radical (unpaired) electrons. The zero-order valence-electron chi connectivity index (χ0n) is 14.4. The van der Waals surface area contributed by atoms with Crippen molar-refractivity contribution < 1.29 is 9.90 Å². The van der Waals surface area contributed by atoms with E-state index in [1.165, 1.54) is 19.3 Å². The van der Waals surface area contributed by atoms with Crippen molar-refractivity contribution in [3.05, 3.63) is 0 Å². The van der Waals surface area contributed by atoms with Gasteiger partial charge in [-0.25, -0.2) is 0 Å². The number of ketones is 1. The van der Waals surface area contributed by atoms with Gasteiger partial charge in [-0.15, -0.1) is 6.42 Å². The van der Waals surface area contributed by atoms with Gasteiger partial charge in [-0.1, -0.05) is 12.8 Å². The van der Waals surface area contributed by atoms with Crippen molar-refractivity contribution in [2.24, 2.45) is 35.0 Å². The number of hydrogen-bond acceptors (Lipinski definition) is 2. The smallest absolute Gasteiger partial charge is 0.133 e. The lowest BCUT2D eigenvalue weighted by Gasteiger charge is -2.57. The van der Waals surface area contributed by atoms with Crippen LogP contribution in [0.4, 0.5) is 0 Å². The normalized spacial score (nSPS) is 52.2. The molecule has 2 heteroatoms. The van der Waals surface area contributed by atoms with Gasteiger partial charge in [0.15, 0.2) is 0 Å². The van der Waals surface area contributed by atoms with Gasteiger partial charge in [-0.05, 0) is 81.0 Å². The molecule has 0 aliphatic heterocycles. The third kappa shape index (κ3) is 2.02. The Balaban J connectivity index is 1.63. The highest BCUT2D eigenvalue weighted by molar-refractivity contribution is 5.79. The fourth-order valence-electron chi connectivity index (χ4n) is 7.44. The molecule has 0 heterocycles. The summed E-state index contributed by atoms with van der Waals surface area (Å²) in [5.74, 6) is 6.83. The maximum Gasteiger partial charge on any atom is 0.133 e. The Labute approximate surface area is 140 Å². The summed E-state index contributed by atoms with van der Waals surface area (Å²) in [5, 5.41) is 11.1. The highest BCUT2D eigenvalue weighted by Gasteiger charge is 2.63. The molecule has 0 aromatic rings. The number of aliphatic hydroxyl groups is 1. The molecule has 0 aromatic carbocycles. The maximum atomic E-state index is 11.8. The van der Waals surface area contributed by atoms with Crippen LogP contribution in [-0.2, 0) is 4.79 Å². The second-order valence-corrected chi connectivity index (χ2v) is 8.81. The average Bonchev–Trinajstić information content (AvgIpc) is 2.88. The van der Waals surface area contributed by atoms with Crippen molar-refractivity contribution in [1.29, 1.82) is 0 Å². The van der Waals surface area contributed by atoms with Gasteiger partial charge in [0.2, 0.25) is 0 Å². The van der Waals surface area contributed by atoms with Gasteiger partial charge in [-0.2, -0.15) is 0 Å². The van der Waals surface area contributed by atoms with E-state index in [1.807, 2.05) is 0 Å². The highest BCUT2D eigenvalue weighted by Crippen LogP contribution is 2.66. The maximum absolute atomic E-state index is 11.8. The molecule has 1 N–H and O–H groups in total. The molecule has 4 aliphatic rings. The molecule has 126 valence electrons. The molecule has 0 aromatic heterocycles. The molecule has 2 nitrogen and oxygen atoms in total. The van der Waals surface area contributed by atoms with E-state index in [0.717, 1.165) is 62.7 Å². The van der Waals surface area contributed by atoms with Crippen molar-refractivity contribution in [3.8, 4) is 12.3 Å². The molecule has 4 rings (SSSR count). The monoisotopic (exact) mass is 314 g/mol. The van der Waals surface area contributed by atoms with Crippen LogP contribution >= 0.6 is 0 Å². The quantitative estimate of drug-likeness (QED) is 0.744. The number of hydrogen-bond donors (Lipinski definition) is 1. The summed E-state index contributed by atoms with van der Waals surface area (Å²) in [6, 6.07) is 0. The third-order valence-electron chi connectivity index (χ3n) is 8.48. The van der Waals surface area contributed by atoms with Gasteiger partial charge in [0, 0.05) is 18.3 Å². The second kappa shape index (κ2) is 5.35. The Morgan fingerprint density at radius 2 is 1.96 bits per heavy atom. The van der Waals surface area contributed by atoms with Crippen LogP contribution in [0, 0.1) is 47.3 Å². The molecular formula is C21H30O2. The van der Waals surface area contributed by atoms with E-state index in [-0.39, 0.29) is 5.41 Å². The van der Waals surface area contributed by atoms with Crippen molar-refractivity contribution in [1.82, 2.24) is 0 Å². The van der Waals surface area contributed by atoms with Crippen LogP contribution in [-0.4, -0.2) is 16.5 Å². The number of terminal acetylenes is 1. The fourth-order valence-corrected chi connectivity index (χ4v) is 7.44. The first-order chi connectivity index (χ1) is 11.0. The summed E-state index contributed by atoms with van der Waals surface area (Å²) in [5.41, 5.74) is -0.920. The summed E-state index contributed by atoms with van der Waals surface area (Å²) >= 11 is 0. The van der Waals surface area contributed by atoms with E-state index in [0.29, 0.717) is 17.6 Å². The van der Waals surface area contributed by atoms with E-state index < -0.39 is 5.60 Å². The second-order valence-electron chi connectivity index (χ2n) is 8.81. The van der Waals surface area contributed by atoms with Crippen LogP contribution in [0.2, 0.25) is 0 Å². The molecule has 7 atom stereocenters. The molecule has 0 bridgehead atoms. The number of rotatable bonds is 1. The van der Waals surface area contributed by atoms with Crippen LogP contribution in [0.1, 0.15) is 71.1 Å². The van der Waals surface area contributed by atoms with Crippen LogP contribution in [0.3, 0.4) is 0 Å². The topological polar surface area (TPSA) is 37.3 Å². The van der Waals surface area contributed by atoms with Crippen LogP contribution in [0.5, 0.6) is 0 Å². The third-order valence-corrected chi connectivity index (χ3v) is 8.48. The molecule has 0 spiro atoms. The molecule has 4 fully saturated rings. The number of carbonyl (C=O) groups excluding carboxylic acids is 1. The van der Waals surface area contributed by atoms with Gasteiger partial charge >= 0.3 is 0 Å². The summed E-state index contributed by atoms with van der Waals surface area (Å²) in [6.07, 6.45) is 16.2. The predicted octanol–water partition coefficient (Wildman–Crippen LogP) is 3.96. The Kier molecular flexibility index (Phi) is 3.65. The van der Waals surface area contributed by atoms with Crippen LogP contribution < -0.4 is 0 Å². The predicted molar refractivity (Wildman–Crippen MR) is 90.5 cm³/mol. The van der Waals surface area contributed by atoms with Crippen LogP contribution in [0.15, 0.2) is 0 Å². The SMILES string of the molecule is C#C[C@]1(O)CC[C@H]2[C@@H]3CC[C@@H]4CC(=O)CC[C@@H]4[C@H]3CC[C@@]21CC. The zero-order chi connectivity index (χ0) is 16.2. The van der Waals surface area contributed by atoms with E-state index in [2.05, 4.69) is 12.8 Å². The first-order valence-corrected chi connectivity index (χ1v) is 9.76. The number of fused-ring (bicyclic) bond motifs is 5. The number of Topliss-reactive ketones (excluding diaryl/α,β-unsaturated/α-hetero) is 1. The Hall–Kier alpha value is -0.810. The molecular weight excluding hydrogens is 284 g/mol. The summed E-state index contributed by atoms with van der Waals surface area (Å²) in [4.78, 5) is 11.8. The molecule has 0 amide bonds. The van der Waals surface area contributed by atoms with Gasteiger partial charge < -0.3 is 5.11 Å². The van der Waals surface area contributed by atoms with Gasteiger partial charge in [0.1, 0.15) is 11.4 Å². The fraction of sp³-hybridized carbons (Fsp3) is 0.857. The lowest BCUT2D eigenvalue weighted by Crippen LogP contribution is -2.54. The number of carbonyl (C=O) groups is 1. The lowest BCUT2D eigenvalue weighted by molar-refractivity contribution is -0.133. The summed E-state index contributed by atoms with van der Waals surface area (Å²) in [7, 11) is 0. The Bertz CT molecular complexity index is 547. The minimum absolute atomic E-state index is 0.0414. The summed E-state index contributed by atoms with van der Waals surface area (Å²) < 4.78 is 0. The van der Waals surface area contributed by atoms with Crippen molar-refractivity contribution in [3.63, 3.8) is 0 Å². The Morgan fingerprint density at radius 3 is 2.70 bits per heavy atom. The van der Waals surface area contributed by atoms with Crippen molar-refractivity contribution in [2.45, 2.75) is 76.7 Å². The molecule has 4 saturated carbocycles. The zero-order valence-corrected chi connectivity index (χ0v) is 14.4. The van der Waals surface area contributed by atoms with Gasteiger partial charge in [0.25, 0.3) is 0 Å². The van der Waals surface area contributed by atoms with Gasteiger partial charge in [-0.3, -0.25) is 4.79 Å². The lowest BCUT2D eigenvalue weighted by atomic mass is 9.48. The first-order valence-electron chi connectivity index (χ1n) is 9.76. The minimum Gasteiger partial charge on any atom is -0.377 e. The molecule has 4 aliphatic carbocycles. The van der Waals surface area contributed by atoms with E-state index in [9.17, 15) is 9.90 Å². The largest absolute Gasteiger partial charge is 0.377 e. The van der Waals surface area contributed by atoms with Crippen molar-refractivity contribution in [2.75, 3.05) is 0 Å². The molecule has 0 unspecified atom stereocenters. The van der Waals surface area contributed by atoms with E-state index in [4.69, 9.17) is 6.42 Å². The Morgan fingerprint density at radius 1 is 1.13 bits per heavy atom. The molecule has 23 heavy (non-hydrogen) atoms. The minimum atomic E-state index is -0.878. The average molecular weight is 314 g/mol.